The molecule has 1 N–H and O–H groups in total. The number of hydrogen-bond donors (Lipinski definition) is 1. The van der Waals surface area contributed by atoms with E-state index in [0.29, 0.717) is 18.5 Å². The zero-order valence-corrected chi connectivity index (χ0v) is 16.9. The normalized spacial score (nSPS) is 24.9. The summed E-state index contributed by atoms with van der Waals surface area (Å²) in [5.74, 6) is 1.66. The Morgan fingerprint density at radius 1 is 1.19 bits per heavy atom. The average Bonchev–Trinajstić information content (AvgIpc) is 2.99. The molecule has 0 spiro atoms. The smallest absolute Gasteiger partial charge is 0.251 e. The molecule has 2 fully saturated rings. The molecule has 3 rings (SSSR count). The van der Waals surface area contributed by atoms with Gasteiger partial charge in [0.15, 0.2) is 0 Å². The minimum absolute atomic E-state index is 0.0237. The summed E-state index contributed by atoms with van der Waals surface area (Å²) < 4.78 is 0. The largest absolute Gasteiger partial charge is 0.348 e. The lowest BCUT2D eigenvalue weighted by Crippen LogP contribution is -2.47. The Labute approximate surface area is 163 Å². The van der Waals surface area contributed by atoms with Gasteiger partial charge in [-0.15, -0.1) is 0 Å². The van der Waals surface area contributed by atoms with Crippen LogP contribution in [0.2, 0.25) is 0 Å². The molecule has 1 aromatic rings. The van der Waals surface area contributed by atoms with Gasteiger partial charge < -0.3 is 15.1 Å². The number of carbonyl (C=O) groups excluding carboxylic acids is 2. The molecule has 3 unspecified atom stereocenters. The maximum atomic E-state index is 12.5. The summed E-state index contributed by atoms with van der Waals surface area (Å²) in [6, 6.07) is 7.77. The van der Waals surface area contributed by atoms with Gasteiger partial charge in [0.2, 0.25) is 5.91 Å². The van der Waals surface area contributed by atoms with Gasteiger partial charge in [0.1, 0.15) is 0 Å². The standard InChI is InChI=1S/C22H33N3O2/c1-16-11-17(2)13-24(12-16)14-18(3)23-22(27)20-8-6-19(7-9-20)15-25-10-4-5-21(25)26/h6-9,16-18H,4-5,10-15H2,1-3H3,(H,23,27). The van der Waals surface area contributed by atoms with Crippen LogP contribution in [-0.2, 0) is 11.3 Å². The molecular weight excluding hydrogens is 338 g/mol. The van der Waals surface area contributed by atoms with Gasteiger partial charge >= 0.3 is 0 Å². The van der Waals surface area contributed by atoms with E-state index in [1.807, 2.05) is 29.2 Å². The fraction of sp³-hybridized carbons (Fsp3) is 0.636. The predicted molar refractivity (Wildman–Crippen MR) is 107 cm³/mol. The predicted octanol–water partition coefficient (Wildman–Crippen LogP) is 2.91. The Hall–Kier alpha value is -1.88. The number of amides is 2. The molecule has 2 saturated heterocycles. The van der Waals surface area contributed by atoms with E-state index in [0.717, 1.165) is 50.0 Å². The summed E-state index contributed by atoms with van der Waals surface area (Å²) in [4.78, 5) is 28.6. The van der Waals surface area contributed by atoms with Crippen molar-refractivity contribution in [3.8, 4) is 0 Å². The summed E-state index contributed by atoms with van der Waals surface area (Å²) in [5, 5.41) is 3.13. The van der Waals surface area contributed by atoms with E-state index in [2.05, 4.69) is 31.0 Å². The molecule has 2 amide bonds. The second-order valence-corrected chi connectivity index (χ2v) is 8.65. The molecule has 148 valence electrons. The van der Waals surface area contributed by atoms with Crippen molar-refractivity contribution in [1.29, 1.82) is 0 Å². The molecule has 2 aliphatic rings. The second kappa shape index (κ2) is 8.87. The van der Waals surface area contributed by atoms with Crippen LogP contribution in [0.4, 0.5) is 0 Å². The van der Waals surface area contributed by atoms with Crippen molar-refractivity contribution >= 4 is 11.8 Å². The van der Waals surface area contributed by atoms with Gasteiger partial charge in [0.25, 0.3) is 5.91 Å². The van der Waals surface area contributed by atoms with E-state index in [1.54, 1.807) is 0 Å². The molecule has 0 radical (unpaired) electrons. The SMILES string of the molecule is CC1CC(C)CN(CC(C)NC(=O)c2ccc(CN3CCCC3=O)cc2)C1. The minimum Gasteiger partial charge on any atom is -0.348 e. The van der Waals surface area contributed by atoms with Crippen LogP contribution in [0.15, 0.2) is 24.3 Å². The first-order valence-corrected chi connectivity index (χ1v) is 10.3. The molecule has 2 heterocycles. The molecule has 2 aliphatic heterocycles. The summed E-state index contributed by atoms with van der Waals surface area (Å²) in [7, 11) is 0. The molecule has 5 nitrogen and oxygen atoms in total. The summed E-state index contributed by atoms with van der Waals surface area (Å²) in [6.45, 7) is 11.3. The molecular formula is C22H33N3O2. The monoisotopic (exact) mass is 371 g/mol. The highest BCUT2D eigenvalue weighted by atomic mass is 16.2. The van der Waals surface area contributed by atoms with E-state index >= 15 is 0 Å². The number of hydrogen-bond acceptors (Lipinski definition) is 3. The van der Waals surface area contributed by atoms with Gasteiger partial charge in [0, 0.05) is 50.7 Å². The van der Waals surface area contributed by atoms with Gasteiger partial charge in [-0.05, 0) is 49.3 Å². The van der Waals surface area contributed by atoms with Crippen molar-refractivity contribution in [2.45, 2.75) is 52.6 Å². The second-order valence-electron chi connectivity index (χ2n) is 8.65. The Balaban J connectivity index is 1.49. The molecule has 0 aromatic heterocycles. The van der Waals surface area contributed by atoms with Crippen molar-refractivity contribution in [2.24, 2.45) is 11.8 Å². The summed E-state index contributed by atoms with van der Waals surface area (Å²) in [5.41, 5.74) is 1.75. The van der Waals surface area contributed by atoms with E-state index in [9.17, 15) is 9.59 Å². The lowest BCUT2D eigenvalue weighted by atomic mass is 9.92. The van der Waals surface area contributed by atoms with Crippen LogP contribution < -0.4 is 5.32 Å². The van der Waals surface area contributed by atoms with Crippen molar-refractivity contribution in [1.82, 2.24) is 15.1 Å². The highest BCUT2D eigenvalue weighted by Crippen LogP contribution is 2.21. The lowest BCUT2D eigenvalue weighted by Gasteiger charge is -2.36. The van der Waals surface area contributed by atoms with E-state index in [-0.39, 0.29) is 17.9 Å². The van der Waals surface area contributed by atoms with Crippen LogP contribution in [0.5, 0.6) is 0 Å². The van der Waals surface area contributed by atoms with Gasteiger partial charge in [-0.2, -0.15) is 0 Å². The average molecular weight is 372 g/mol. The Bertz CT molecular complexity index is 648. The topological polar surface area (TPSA) is 52.7 Å². The van der Waals surface area contributed by atoms with E-state index in [1.165, 1.54) is 6.42 Å². The van der Waals surface area contributed by atoms with Crippen molar-refractivity contribution < 1.29 is 9.59 Å². The molecule has 0 saturated carbocycles. The minimum atomic E-state index is -0.0237. The van der Waals surface area contributed by atoms with E-state index < -0.39 is 0 Å². The Morgan fingerprint density at radius 3 is 2.44 bits per heavy atom. The first-order valence-electron chi connectivity index (χ1n) is 10.3. The zero-order chi connectivity index (χ0) is 19.4. The van der Waals surface area contributed by atoms with Crippen LogP contribution in [0.1, 0.15) is 56.0 Å². The van der Waals surface area contributed by atoms with E-state index in [4.69, 9.17) is 0 Å². The number of piperidine rings is 1. The molecule has 0 bridgehead atoms. The maximum Gasteiger partial charge on any atom is 0.251 e. The van der Waals surface area contributed by atoms with Gasteiger partial charge in [0.05, 0.1) is 0 Å². The third-order valence-electron chi connectivity index (χ3n) is 5.61. The number of carbonyl (C=O) groups is 2. The highest BCUT2D eigenvalue weighted by Gasteiger charge is 2.23. The number of benzene rings is 1. The van der Waals surface area contributed by atoms with Crippen LogP contribution in [0, 0.1) is 11.8 Å². The third-order valence-corrected chi connectivity index (χ3v) is 5.61. The van der Waals surface area contributed by atoms with Crippen molar-refractivity contribution in [3.05, 3.63) is 35.4 Å². The maximum absolute atomic E-state index is 12.5. The summed E-state index contributed by atoms with van der Waals surface area (Å²) in [6.07, 6.45) is 2.91. The van der Waals surface area contributed by atoms with Gasteiger partial charge in [-0.1, -0.05) is 26.0 Å². The van der Waals surface area contributed by atoms with Crippen LogP contribution >= 0.6 is 0 Å². The summed E-state index contributed by atoms with van der Waals surface area (Å²) >= 11 is 0. The molecule has 0 aliphatic carbocycles. The molecule has 27 heavy (non-hydrogen) atoms. The fourth-order valence-electron chi connectivity index (χ4n) is 4.53. The number of likely N-dealkylation sites (tertiary alicyclic amines) is 2. The van der Waals surface area contributed by atoms with Crippen LogP contribution in [0.25, 0.3) is 0 Å². The molecule has 5 heteroatoms. The number of nitrogens with one attached hydrogen (secondary N) is 1. The lowest BCUT2D eigenvalue weighted by molar-refractivity contribution is -0.128. The third kappa shape index (κ3) is 5.55. The first kappa shape index (κ1) is 19.9. The Morgan fingerprint density at radius 2 is 1.85 bits per heavy atom. The Kier molecular flexibility index (Phi) is 6.53. The van der Waals surface area contributed by atoms with Crippen LogP contribution in [-0.4, -0.2) is 53.8 Å². The van der Waals surface area contributed by atoms with Gasteiger partial charge in [-0.3, -0.25) is 9.59 Å². The molecule has 3 atom stereocenters. The number of nitrogens with zero attached hydrogens (tertiary/aromatic N) is 2. The van der Waals surface area contributed by atoms with Crippen LogP contribution in [0.3, 0.4) is 0 Å². The quantitative estimate of drug-likeness (QED) is 0.837. The fourth-order valence-corrected chi connectivity index (χ4v) is 4.53. The highest BCUT2D eigenvalue weighted by molar-refractivity contribution is 5.94. The molecule has 1 aromatic carbocycles. The first-order chi connectivity index (χ1) is 12.9. The zero-order valence-electron chi connectivity index (χ0n) is 16.9. The van der Waals surface area contributed by atoms with Gasteiger partial charge in [-0.25, -0.2) is 0 Å². The van der Waals surface area contributed by atoms with Crippen molar-refractivity contribution in [3.63, 3.8) is 0 Å². The van der Waals surface area contributed by atoms with Crippen molar-refractivity contribution in [2.75, 3.05) is 26.2 Å². The number of rotatable bonds is 6.